The molecule has 8 heteroatoms. The minimum absolute atomic E-state index is 0.128. The van der Waals surface area contributed by atoms with Gasteiger partial charge in [0.1, 0.15) is 5.82 Å². The van der Waals surface area contributed by atoms with Crippen molar-refractivity contribution in [2.45, 2.75) is 27.3 Å². The highest BCUT2D eigenvalue weighted by molar-refractivity contribution is 7.15. The lowest BCUT2D eigenvalue weighted by atomic mass is 10.2. The normalized spacial score (nSPS) is 11.0. The Morgan fingerprint density at radius 1 is 1.38 bits per heavy atom. The summed E-state index contributed by atoms with van der Waals surface area (Å²) < 4.78 is 15.0. The molecular formula is C16H15FN4O2S. The summed E-state index contributed by atoms with van der Waals surface area (Å²) in [5.41, 5.74) is 0.424. The van der Waals surface area contributed by atoms with E-state index in [0.717, 1.165) is 16.6 Å². The van der Waals surface area contributed by atoms with Gasteiger partial charge in [-0.25, -0.2) is 9.37 Å². The van der Waals surface area contributed by atoms with Crippen LogP contribution in [0.2, 0.25) is 0 Å². The van der Waals surface area contributed by atoms with E-state index >= 15 is 0 Å². The van der Waals surface area contributed by atoms with Gasteiger partial charge in [-0.05, 0) is 39.0 Å². The number of fused-ring (bicyclic) bond motifs is 1. The summed E-state index contributed by atoms with van der Waals surface area (Å²) in [6.45, 7) is 6.00. The fourth-order valence-electron chi connectivity index (χ4n) is 2.33. The Kier molecular flexibility index (Phi) is 4.15. The van der Waals surface area contributed by atoms with Crippen molar-refractivity contribution in [3.63, 3.8) is 0 Å². The molecule has 0 unspecified atom stereocenters. The molecule has 3 aromatic rings. The Labute approximate surface area is 141 Å². The predicted octanol–water partition coefficient (Wildman–Crippen LogP) is 2.88. The maximum atomic E-state index is 13.5. The highest BCUT2D eigenvalue weighted by Crippen LogP contribution is 2.21. The van der Waals surface area contributed by atoms with Gasteiger partial charge in [-0.15, -0.1) is 11.3 Å². The minimum atomic E-state index is -0.651. The number of hydrogen-bond donors (Lipinski definition) is 1. The average Bonchev–Trinajstić information content (AvgIpc) is 2.85. The molecule has 0 saturated carbocycles. The number of carbonyl (C=O) groups is 1. The van der Waals surface area contributed by atoms with Crippen LogP contribution < -0.4 is 10.7 Å². The number of nitrogens with zero attached hydrogens (tertiary/aromatic N) is 3. The van der Waals surface area contributed by atoms with Gasteiger partial charge < -0.3 is 0 Å². The van der Waals surface area contributed by atoms with Crippen LogP contribution in [0.15, 0.2) is 23.0 Å². The third-order valence-electron chi connectivity index (χ3n) is 3.68. The maximum absolute atomic E-state index is 13.5. The van der Waals surface area contributed by atoms with Gasteiger partial charge in [-0.2, -0.15) is 5.10 Å². The first-order valence-electron chi connectivity index (χ1n) is 7.36. The molecule has 0 fully saturated rings. The van der Waals surface area contributed by atoms with E-state index in [0.29, 0.717) is 17.2 Å². The van der Waals surface area contributed by atoms with Gasteiger partial charge in [-0.3, -0.25) is 19.6 Å². The van der Waals surface area contributed by atoms with E-state index in [1.165, 1.54) is 28.2 Å². The lowest BCUT2D eigenvalue weighted by Crippen LogP contribution is -2.27. The van der Waals surface area contributed by atoms with Gasteiger partial charge in [-0.1, -0.05) is 0 Å². The molecule has 0 atom stereocenters. The van der Waals surface area contributed by atoms with Crippen molar-refractivity contribution in [1.82, 2.24) is 14.8 Å². The monoisotopic (exact) mass is 346 g/mol. The molecule has 24 heavy (non-hydrogen) atoms. The highest BCUT2D eigenvalue weighted by atomic mass is 32.1. The van der Waals surface area contributed by atoms with Crippen molar-refractivity contribution < 1.29 is 9.18 Å². The summed E-state index contributed by atoms with van der Waals surface area (Å²) in [6, 6.07) is 3.87. The first kappa shape index (κ1) is 16.3. The number of amides is 1. The molecule has 0 radical (unpaired) electrons. The van der Waals surface area contributed by atoms with Crippen LogP contribution >= 0.6 is 11.3 Å². The summed E-state index contributed by atoms with van der Waals surface area (Å²) in [5, 5.41) is 7.24. The van der Waals surface area contributed by atoms with Crippen LogP contribution in [0.1, 0.15) is 28.0 Å². The van der Waals surface area contributed by atoms with Crippen LogP contribution in [0, 0.1) is 19.7 Å². The fourth-order valence-corrected chi connectivity index (χ4v) is 3.14. The number of carbonyl (C=O) groups excluding carboxylic acids is 1. The Hall–Kier alpha value is -2.61. The number of benzene rings is 1. The number of rotatable bonds is 3. The number of nitrogens with one attached hydrogen (secondary N) is 1. The fraction of sp³-hybridized carbons (Fsp3) is 0.250. The molecule has 2 heterocycles. The number of hydrogen-bond acceptors (Lipinski definition) is 5. The van der Waals surface area contributed by atoms with Gasteiger partial charge in [0.15, 0.2) is 10.8 Å². The van der Waals surface area contributed by atoms with Crippen LogP contribution in [-0.2, 0) is 6.54 Å². The number of anilines is 1. The van der Waals surface area contributed by atoms with Gasteiger partial charge in [0, 0.05) is 11.4 Å². The van der Waals surface area contributed by atoms with E-state index in [9.17, 15) is 14.0 Å². The Morgan fingerprint density at radius 3 is 2.75 bits per heavy atom. The van der Waals surface area contributed by atoms with Gasteiger partial charge in [0.25, 0.3) is 5.91 Å². The van der Waals surface area contributed by atoms with Crippen molar-refractivity contribution in [3.05, 3.63) is 50.5 Å². The summed E-state index contributed by atoms with van der Waals surface area (Å²) in [6.07, 6.45) is 0. The molecule has 0 saturated heterocycles. The molecular weight excluding hydrogens is 331 g/mol. The lowest BCUT2D eigenvalue weighted by Gasteiger charge is -2.09. The Bertz CT molecular complexity index is 990. The van der Waals surface area contributed by atoms with E-state index in [1.807, 2.05) is 20.8 Å². The largest absolute Gasteiger partial charge is 0.296 e. The van der Waals surface area contributed by atoms with E-state index in [-0.39, 0.29) is 11.1 Å². The van der Waals surface area contributed by atoms with Crippen LogP contribution in [0.4, 0.5) is 9.52 Å². The van der Waals surface area contributed by atoms with Crippen molar-refractivity contribution >= 4 is 33.3 Å². The molecule has 2 aromatic heterocycles. The lowest BCUT2D eigenvalue weighted by molar-refractivity contribution is 0.101. The number of thiazole rings is 1. The minimum Gasteiger partial charge on any atom is -0.296 e. The zero-order chi connectivity index (χ0) is 17.4. The van der Waals surface area contributed by atoms with E-state index in [1.54, 1.807) is 0 Å². The maximum Gasteiger partial charge on any atom is 0.281 e. The Balaban J connectivity index is 2.09. The van der Waals surface area contributed by atoms with Crippen molar-refractivity contribution in [2.24, 2.45) is 0 Å². The number of aryl methyl sites for hydroxylation is 3. The van der Waals surface area contributed by atoms with E-state index < -0.39 is 17.2 Å². The van der Waals surface area contributed by atoms with Crippen LogP contribution in [0.5, 0.6) is 0 Å². The first-order valence-corrected chi connectivity index (χ1v) is 8.18. The second-order valence-electron chi connectivity index (χ2n) is 5.27. The molecule has 0 aliphatic carbocycles. The van der Waals surface area contributed by atoms with Crippen molar-refractivity contribution in [3.8, 4) is 0 Å². The third kappa shape index (κ3) is 2.80. The molecule has 3 rings (SSSR count). The molecule has 6 nitrogen and oxygen atoms in total. The number of halogens is 1. The molecule has 0 aliphatic heterocycles. The predicted molar refractivity (Wildman–Crippen MR) is 91.2 cm³/mol. The van der Waals surface area contributed by atoms with Crippen molar-refractivity contribution in [2.75, 3.05) is 5.32 Å². The smallest absolute Gasteiger partial charge is 0.281 e. The second kappa shape index (κ2) is 6.12. The first-order chi connectivity index (χ1) is 11.4. The summed E-state index contributed by atoms with van der Waals surface area (Å²) >= 11 is 1.32. The molecule has 124 valence electrons. The van der Waals surface area contributed by atoms with Crippen LogP contribution in [0.3, 0.4) is 0 Å². The van der Waals surface area contributed by atoms with Crippen molar-refractivity contribution in [1.29, 1.82) is 0 Å². The molecule has 0 spiro atoms. The molecule has 0 aliphatic rings. The topological polar surface area (TPSA) is 76.9 Å². The molecule has 0 bridgehead atoms. The molecule has 1 N–H and O–H groups in total. The summed E-state index contributed by atoms with van der Waals surface area (Å²) in [4.78, 5) is 30.2. The van der Waals surface area contributed by atoms with Gasteiger partial charge in [0.05, 0.1) is 16.6 Å². The van der Waals surface area contributed by atoms with Gasteiger partial charge in [0.2, 0.25) is 5.43 Å². The third-order valence-corrected chi connectivity index (χ3v) is 4.67. The standard InChI is InChI=1S/C16H15FN4O2S/c1-4-21-12-6-5-10(17)7-11(12)14(22)13(20-21)15(23)19-16-18-8(2)9(3)24-16/h5-7H,4H2,1-3H3,(H,18,19,23). The van der Waals surface area contributed by atoms with E-state index in [2.05, 4.69) is 15.4 Å². The second-order valence-corrected chi connectivity index (χ2v) is 6.47. The SMILES string of the molecule is CCn1nc(C(=O)Nc2nc(C)c(C)s2)c(=O)c2cc(F)ccc21. The van der Waals surface area contributed by atoms with Crippen LogP contribution in [-0.4, -0.2) is 20.7 Å². The Morgan fingerprint density at radius 2 is 2.12 bits per heavy atom. The highest BCUT2D eigenvalue weighted by Gasteiger charge is 2.19. The average molecular weight is 346 g/mol. The quantitative estimate of drug-likeness (QED) is 0.791. The molecule has 1 amide bonds. The molecule has 1 aromatic carbocycles. The van der Waals surface area contributed by atoms with Crippen LogP contribution in [0.25, 0.3) is 10.9 Å². The zero-order valence-corrected chi connectivity index (χ0v) is 14.2. The summed E-state index contributed by atoms with van der Waals surface area (Å²) in [5.74, 6) is -1.19. The number of aromatic nitrogens is 3. The van der Waals surface area contributed by atoms with Gasteiger partial charge >= 0.3 is 0 Å². The zero-order valence-electron chi connectivity index (χ0n) is 13.4. The van der Waals surface area contributed by atoms with E-state index in [4.69, 9.17) is 0 Å². The summed E-state index contributed by atoms with van der Waals surface area (Å²) in [7, 11) is 0.